The van der Waals surface area contributed by atoms with E-state index >= 15 is 0 Å². The fourth-order valence-corrected chi connectivity index (χ4v) is 2.87. The van der Waals surface area contributed by atoms with Crippen molar-refractivity contribution < 1.29 is 4.79 Å². The zero-order chi connectivity index (χ0) is 14.2. The van der Waals surface area contributed by atoms with Crippen molar-refractivity contribution in [3.8, 4) is 0 Å². The van der Waals surface area contributed by atoms with E-state index in [0.717, 1.165) is 16.6 Å². The van der Waals surface area contributed by atoms with Crippen molar-refractivity contribution in [1.29, 1.82) is 0 Å². The first kappa shape index (κ1) is 12.3. The van der Waals surface area contributed by atoms with Crippen molar-refractivity contribution in [3.05, 3.63) is 65.5 Å². The van der Waals surface area contributed by atoms with Gasteiger partial charge in [-0.25, -0.2) is 4.98 Å². The molecule has 1 aliphatic carbocycles. The Morgan fingerprint density at radius 2 is 1.95 bits per heavy atom. The number of aromatic nitrogens is 2. The lowest BCUT2D eigenvalue weighted by Gasteiger charge is -2.25. The fraction of sp³-hybridized carbons (Fsp3) is 0.222. The number of hydrogen-bond donors (Lipinski definition) is 1. The topological polar surface area (TPSA) is 45.8 Å². The zero-order valence-electron chi connectivity index (χ0n) is 11.7. The van der Waals surface area contributed by atoms with Crippen molar-refractivity contribution in [3.63, 3.8) is 0 Å². The number of fused-ring (bicyclic) bond motifs is 1. The minimum atomic E-state index is -0.0348. The summed E-state index contributed by atoms with van der Waals surface area (Å²) in [5.74, 6) is 1.02. The number of para-hydroxylation sites is 2. The van der Waals surface area contributed by atoms with Crippen molar-refractivity contribution in [2.75, 3.05) is 0 Å². The van der Waals surface area contributed by atoms with Crippen molar-refractivity contribution in [1.82, 2.24) is 9.97 Å². The molecule has 0 atom stereocenters. The standard InChI is InChI=1S/C18H16N2O/c21-17(18-19-15-9-1-2-10-16(15)20-18)14-8-4-7-13(11-14)12-5-3-6-12/h1-2,4,7-12H,3,5-6H2,(H,19,20). The molecule has 3 aromatic rings. The summed E-state index contributed by atoms with van der Waals surface area (Å²) in [6.07, 6.45) is 3.77. The number of aromatic amines is 1. The van der Waals surface area contributed by atoms with E-state index in [1.165, 1.54) is 24.8 Å². The van der Waals surface area contributed by atoms with Gasteiger partial charge in [-0.2, -0.15) is 0 Å². The number of rotatable bonds is 3. The zero-order valence-corrected chi connectivity index (χ0v) is 11.7. The first-order chi connectivity index (χ1) is 10.3. The van der Waals surface area contributed by atoms with Crippen LogP contribution < -0.4 is 0 Å². The van der Waals surface area contributed by atoms with E-state index in [4.69, 9.17) is 0 Å². The third-order valence-electron chi connectivity index (χ3n) is 4.33. The molecule has 0 bridgehead atoms. The van der Waals surface area contributed by atoms with Gasteiger partial charge in [-0.1, -0.05) is 36.8 Å². The molecule has 1 heterocycles. The van der Waals surface area contributed by atoms with Crippen LogP contribution in [0.5, 0.6) is 0 Å². The number of carbonyl (C=O) groups is 1. The molecule has 0 aliphatic heterocycles. The summed E-state index contributed by atoms with van der Waals surface area (Å²) in [5, 5.41) is 0. The predicted molar refractivity (Wildman–Crippen MR) is 82.6 cm³/mol. The van der Waals surface area contributed by atoms with Gasteiger partial charge in [0.2, 0.25) is 5.78 Å². The smallest absolute Gasteiger partial charge is 0.228 e. The van der Waals surface area contributed by atoms with Crippen LogP contribution in [0.4, 0.5) is 0 Å². The van der Waals surface area contributed by atoms with Gasteiger partial charge >= 0.3 is 0 Å². The molecule has 1 saturated carbocycles. The Labute approximate surface area is 123 Å². The predicted octanol–water partition coefficient (Wildman–Crippen LogP) is 4.06. The normalized spacial score (nSPS) is 15.0. The molecule has 1 fully saturated rings. The number of nitrogens with one attached hydrogen (secondary N) is 1. The average molecular weight is 276 g/mol. The highest BCUT2D eigenvalue weighted by molar-refractivity contribution is 6.08. The highest BCUT2D eigenvalue weighted by Gasteiger charge is 2.21. The molecule has 1 aliphatic rings. The second kappa shape index (κ2) is 4.85. The Morgan fingerprint density at radius 3 is 2.71 bits per heavy atom. The second-order valence-corrected chi connectivity index (χ2v) is 5.68. The fourth-order valence-electron chi connectivity index (χ4n) is 2.87. The molecular formula is C18H16N2O. The minimum Gasteiger partial charge on any atom is -0.335 e. The number of hydrogen-bond acceptors (Lipinski definition) is 2. The van der Waals surface area contributed by atoms with Gasteiger partial charge in [-0.05, 0) is 42.5 Å². The quantitative estimate of drug-likeness (QED) is 0.733. The van der Waals surface area contributed by atoms with Crippen LogP contribution in [0.3, 0.4) is 0 Å². The minimum absolute atomic E-state index is 0.0348. The highest BCUT2D eigenvalue weighted by Crippen LogP contribution is 2.36. The number of benzene rings is 2. The SMILES string of the molecule is O=C(c1cccc(C2CCC2)c1)c1nc2ccccc2[nH]1. The summed E-state index contributed by atoms with van der Waals surface area (Å²) < 4.78 is 0. The van der Waals surface area contributed by atoms with E-state index in [1.807, 2.05) is 42.5 Å². The number of H-pyrrole nitrogens is 1. The Hall–Kier alpha value is -2.42. The number of ketones is 1. The molecule has 21 heavy (non-hydrogen) atoms. The molecule has 104 valence electrons. The summed E-state index contributed by atoms with van der Waals surface area (Å²) in [7, 11) is 0. The molecule has 1 N–H and O–H groups in total. The molecule has 0 spiro atoms. The molecule has 0 radical (unpaired) electrons. The number of carbonyl (C=O) groups excluding carboxylic acids is 1. The largest absolute Gasteiger partial charge is 0.335 e. The monoisotopic (exact) mass is 276 g/mol. The number of nitrogens with zero attached hydrogens (tertiary/aromatic N) is 1. The van der Waals surface area contributed by atoms with Gasteiger partial charge in [0.1, 0.15) is 0 Å². The molecule has 0 unspecified atom stereocenters. The summed E-state index contributed by atoms with van der Waals surface area (Å²) >= 11 is 0. The van der Waals surface area contributed by atoms with Crippen LogP contribution in [0.15, 0.2) is 48.5 Å². The van der Waals surface area contributed by atoms with Gasteiger partial charge in [0.15, 0.2) is 5.82 Å². The summed E-state index contributed by atoms with van der Waals surface area (Å²) in [4.78, 5) is 20.1. The number of imidazole rings is 1. The van der Waals surface area contributed by atoms with Gasteiger partial charge in [-0.15, -0.1) is 0 Å². The first-order valence-electron chi connectivity index (χ1n) is 7.41. The van der Waals surface area contributed by atoms with E-state index in [0.29, 0.717) is 11.7 Å². The summed E-state index contributed by atoms with van der Waals surface area (Å²) in [5.41, 5.74) is 3.73. The lowest BCUT2D eigenvalue weighted by atomic mass is 9.79. The molecular weight excluding hydrogens is 260 g/mol. The van der Waals surface area contributed by atoms with E-state index in [2.05, 4.69) is 16.0 Å². The first-order valence-corrected chi connectivity index (χ1v) is 7.41. The van der Waals surface area contributed by atoms with Gasteiger partial charge < -0.3 is 4.98 Å². The van der Waals surface area contributed by atoms with Crippen LogP contribution in [-0.4, -0.2) is 15.8 Å². The maximum atomic E-state index is 12.6. The molecule has 0 saturated heterocycles. The average Bonchev–Trinajstić information content (AvgIpc) is 2.89. The van der Waals surface area contributed by atoms with Gasteiger partial charge in [-0.3, -0.25) is 4.79 Å². The molecule has 2 aromatic carbocycles. The lowest BCUT2D eigenvalue weighted by molar-refractivity contribution is 0.103. The third-order valence-corrected chi connectivity index (χ3v) is 4.33. The van der Waals surface area contributed by atoms with Gasteiger partial charge in [0.05, 0.1) is 11.0 Å². The van der Waals surface area contributed by atoms with Crippen LogP contribution in [0.1, 0.15) is 46.9 Å². The van der Waals surface area contributed by atoms with Crippen molar-refractivity contribution >= 4 is 16.8 Å². The van der Waals surface area contributed by atoms with Gasteiger partial charge in [0, 0.05) is 5.56 Å². The van der Waals surface area contributed by atoms with E-state index in [9.17, 15) is 4.79 Å². The Morgan fingerprint density at radius 1 is 1.10 bits per heavy atom. The van der Waals surface area contributed by atoms with Crippen LogP contribution in [-0.2, 0) is 0 Å². The molecule has 3 nitrogen and oxygen atoms in total. The molecule has 4 rings (SSSR count). The van der Waals surface area contributed by atoms with Crippen LogP contribution in [0, 0.1) is 0 Å². The van der Waals surface area contributed by atoms with Crippen LogP contribution in [0.2, 0.25) is 0 Å². The lowest BCUT2D eigenvalue weighted by Crippen LogP contribution is -2.10. The molecule has 3 heteroatoms. The van der Waals surface area contributed by atoms with Crippen molar-refractivity contribution in [2.45, 2.75) is 25.2 Å². The van der Waals surface area contributed by atoms with Crippen molar-refractivity contribution in [2.24, 2.45) is 0 Å². The Kier molecular flexibility index (Phi) is 2.85. The highest BCUT2D eigenvalue weighted by atomic mass is 16.1. The van der Waals surface area contributed by atoms with E-state index < -0.39 is 0 Å². The van der Waals surface area contributed by atoms with E-state index in [-0.39, 0.29) is 5.78 Å². The maximum absolute atomic E-state index is 12.6. The summed E-state index contributed by atoms with van der Waals surface area (Å²) in [6.45, 7) is 0. The maximum Gasteiger partial charge on any atom is 0.228 e. The van der Waals surface area contributed by atoms with Crippen LogP contribution in [0.25, 0.3) is 11.0 Å². The second-order valence-electron chi connectivity index (χ2n) is 5.68. The Balaban J connectivity index is 1.70. The van der Waals surface area contributed by atoms with Crippen LogP contribution >= 0.6 is 0 Å². The van der Waals surface area contributed by atoms with Gasteiger partial charge in [0.25, 0.3) is 0 Å². The van der Waals surface area contributed by atoms with E-state index in [1.54, 1.807) is 0 Å². The molecule has 1 aromatic heterocycles. The third kappa shape index (κ3) is 2.15. The Bertz CT molecular complexity index is 782. The summed E-state index contributed by atoms with van der Waals surface area (Å²) in [6, 6.07) is 15.7. The molecule has 0 amide bonds.